The predicted molar refractivity (Wildman–Crippen MR) is 114 cm³/mol. The van der Waals surface area contributed by atoms with E-state index in [2.05, 4.69) is 16.0 Å². The summed E-state index contributed by atoms with van der Waals surface area (Å²) >= 11 is 0. The molecule has 0 radical (unpaired) electrons. The van der Waals surface area contributed by atoms with Gasteiger partial charge in [0.2, 0.25) is 5.91 Å². The van der Waals surface area contributed by atoms with Gasteiger partial charge >= 0.3 is 12.1 Å². The minimum Gasteiger partial charge on any atom is -0.319 e. The summed E-state index contributed by atoms with van der Waals surface area (Å²) in [5.41, 5.74) is 3.12. The van der Waals surface area contributed by atoms with E-state index in [-0.39, 0.29) is 0 Å². The minimum atomic E-state index is -1.15. The Morgan fingerprint density at radius 3 is 2.68 bits per heavy atom. The molecule has 1 fully saturated rings. The molecule has 160 valence electrons. The van der Waals surface area contributed by atoms with Crippen molar-refractivity contribution in [3.05, 3.63) is 64.7 Å². The molecular weight excluding hydrogens is 396 g/mol. The highest BCUT2D eigenvalue weighted by molar-refractivity contribution is 6.11. The second-order valence-corrected chi connectivity index (χ2v) is 8.06. The number of nitrogens with one attached hydrogen (secondary N) is 3. The van der Waals surface area contributed by atoms with Crippen molar-refractivity contribution in [2.75, 3.05) is 11.9 Å². The molecule has 1 saturated heterocycles. The molecule has 1 atom stereocenters. The first-order chi connectivity index (χ1) is 14.8. The molecule has 0 bridgehead atoms. The molecule has 1 spiro atoms. The van der Waals surface area contributed by atoms with Crippen LogP contribution in [0, 0.1) is 13.8 Å². The van der Waals surface area contributed by atoms with Crippen molar-refractivity contribution in [2.24, 2.45) is 0 Å². The molecule has 8 nitrogen and oxygen atoms in total. The van der Waals surface area contributed by atoms with Crippen molar-refractivity contribution in [1.82, 2.24) is 15.5 Å². The molecule has 8 heteroatoms. The van der Waals surface area contributed by atoms with Crippen LogP contribution in [0.15, 0.2) is 42.5 Å². The fourth-order valence-electron chi connectivity index (χ4n) is 4.37. The number of rotatable bonds is 3. The van der Waals surface area contributed by atoms with Gasteiger partial charge in [-0.3, -0.25) is 19.8 Å². The van der Waals surface area contributed by atoms with E-state index in [1.807, 2.05) is 50.2 Å². The van der Waals surface area contributed by atoms with Crippen LogP contribution in [-0.2, 0) is 21.5 Å². The van der Waals surface area contributed by atoms with Gasteiger partial charge in [-0.1, -0.05) is 42.0 Å². The molecule has 1 aliphatic carbocycles. The largest absolute Gasteiger partial charge is 0.325 e. The fourth-order valence-corrected chi connectivity index (χ4v) is 4.37. The fraction of sp³-hybridized carbons (Fsp3) is 0.304. The van der Waals surface area contributed by atoms with E-state index in [0.29, 0.717) is 12.1 Å². The summed E-state index contributed by atoms with van der Waals surface area (Å²) < 4.78 is 0. The molecule has 0 saturated carbocycles. The van der Waals surface area contributed by atoms with Crippen LogP contribution < -0.4 is 16.0 Å². The highest BCUT2D eigenvalue weighted by Crippen LogP contribution is 2.39. The zero-order valence-electron chi connectivity index (χ0n) is 17.5. The van der Waals surface area contributed by atoms with Crippen molar-refractivity contribution in [3.8, 4) is 0 Å². The van der Waals surface area contributed by atoms with Gasteiger partial charge in [0, 0.05) is 5.69 Å². The number of fused-ring (bicyclic) bond motifs is 2. The number of imide groups is 2. The van der Waals surface area contributed by atoms with E-state index in [1.165, 1.54) is 0 Å². The SMILES string of the molecule is Cc1ccc(NC(=O)NC(=O)CN2C(=O)N[C@]3(CCCc4ccccc43)C2=O)c(C)c1. The maximum Gasteiger partial charge on any atom is 0.325 e. The van der Waals surface area contributed by atoms with Gasteiger partial charge in [-0.15, -0.1) is 0 Å². The van der Waals surface area contributed by atoms with Crippen molar-refractivity contribution in [2.45, 2.75) is 38.6 Å². The molecule has 2 aromatic rings. The maximum atomic E-state index is 13.2. The summed E-state index contributed by atoms with van der Waals surface area (Å²) in [5, 5.41) is 7.59. The molecule has 6 amide bonds. The summed E-state index contributed by atoms with van der Waals surface area (Å²) in [5.74, 6) is -1.21. The van der Waals surface area contributed by atoms with Crippen molar-refractivity contribution >= 4 is 29.6 Å². The lowest BCUT2D eigenvalue weighted by molar-refractivity contribution is -0.135. The Morgan fingerprint density at radius 2 is 1.90 bits per heavy atom. The predicted octanol–water partition coefficient (Wildman–Crippen LogP) is 2.74. The normalized spacial score (nSPS) is 19.7. The number of aryl methyl sites for hydroxylation is 3. The van der Waals surface area contributed by atoms with Gasteiger partial charge in [0.25, 0.3) is 5.91 Å². The Morgan fingerprint density at radius 1 is 1.13 bits per heavy atom. The number of amides is 6. The highest BCUT2D eigenvalue weighted by Gasteiger charge is 2.54. The molecule has 31 heavy (non-hydrogen) atoms. The number of nitrogens with zero attached hydrogens (tertiary/aromatic N) is 1. The third kappa shape index (κ3) is 3.76. The van der Waals surface area contributed by atoms with Crippen molar-refractivity contribution in [3.63, 3.8) is 0 Å². The van der Waals surface area contributed by atoms with E-state index in [0.717, 1.165) is 40.0 Å². The number of benzene rings is 2. The third-order valence-corrected chi connectivity index (χ3v) is 5.84. The summed E-state index contributed by atoms with van der Waals surface area (Å²) in [6.45, 7) is 3.25. The first kappa shape index (κ1) is 20.6. The molecular formula is C23H24N4O4. The van der Waals surface area contributed by atoms with E-state index in [1.54, 1.807) is 6.07 Å². The van der Waals surface area contributed by atoms with Crippen LogP contribution in [0.5, 0.6) is 0 Å². The molecule has 1 heterocycles. The average molecular weight is 420 g/mol. The first-order valence-corrected chi connectivity index (χ1v) is 10.2. The lowest BCUT2D eigenvalue weighted by Crippen LogP contribution is -2.47. The van der Waals surface area contributed by atoms with Gasteiger partial charge in [-0.25, -0.2) is 9.59 Å². The van der Waals surface area contributed by atoms with E-state index >= 15 is 0 Å². The van der Waals surface area contributed by atoms with Crippen LogP contribution in [0.2, 0.25) is 0 Å². The van der Waals surface area contributed by atoms with Crippen LogP contribution in [0.1, 0.15) is 35.1 Å². The second kappa shape index (κ2) is 7.86. The Labute approximate surface area is 180 Å². The first-order valence-electron chi connectivity index (χ1n) is 10.2. The summed E-state index contributed by atoms with van der Waals surface area (Å²) in [7, 11) is 0. The highest BCUT2D eigenvalue weighted by atomic mass is 16.2. The summed E-state index contributed by atoms with van der Waals surface area (Å²) in [4.78, 5) is 51.3. The molecule has 3 N–H and O–H groups in total. The number of anilines is 1. The second-order valence-electron chi connectivity index (χ2n) is 8.06. The number of carbonyl (C=O) groups excluding carboxylic acids is 4. The van der Waals surface area contributed by atoms with Crippen molar-refractivity contribution < 1.29 is 19.2 Å². The number of hydrogen-bond acceptors (Lipinski definition) is 4. The number of hydrogen-bond donors (Lipinski definition) is 3. The van der Waals surface area contributed by atoms with Crippen LogP contribution in [0.25, 0.3) is 0 Å². The van der Waals surface area contributed by atoms with Crippen molar-refractivity contribution in [1.29, 1.82) is 0 Å². The molecule has 1 aliphatic heterocycles. The summed E-state index contributed by atoms with van der Waals surface area (Å²) in [6.07, 6.45) is 2.06. The topological polar surface area (TPSA) is 108 Å². The van der Waals surface area contributed by atoms with Gasteiger partial charge in [0.15, 0.2) is 0 Å². The Hall–Kier alpha value is -3.68. The smallest absolute Gasteiger partial charge is 0.319 e. The molecule has 4 rings (SSSR count). The summed E-state index contributed by atoms with van der Waals surface area (Å²) in [6, 6.07) is 11.7. The lowest BCUT2D eigenvalue weighted by Gasteiger charge is -2.33. The molecule has 2 aliphatic rings. The van der Waals surface area contributed by atoms with Gasteiger partial charge < -0.3 is 10.6 Å². The monoisotopic (exact) mass is 420 g/mol. The van der Waals surface area contributed by atoms with Gasteiger partial charge in [-0.05, 0) is 55.9 Å². The Balaban J connectivity index is 1.44. The van der Waals surface area contributed by atoms with Crippen LogP contribution in [0.4, 0.5) is 15.3 Å². The number of urea groups is 2. The molecule has 0 aromatic heterocycles. The minimum absolute atomic E-state index is 0.463. The lowest BCUT2D eigenvalue weighted by atomic mass is 9.76. The van der Waals surface area contributed by atoms with Gasteiger partial charge in [0.05, 0.1) is 0 Å². The quantitative estimate of drug-likeness (QED) is 0.664. The van der Waals surface area contributed by atoms with E-state index < -0.39 is 36.0 Å². The van der Waals surface area contributed by atoms with Gasteiger partial charge in [-0.2, -0.15) is 0 Å². The Kier molecular flexibility index (Phi) is 5.22. The standard InChI is InChI=1S/C23H24N4O4/c1-14-9-10-18(15(2)12-14)24-21(30)25-19(28)13-27-20(29)23(26-22(27)31)11-5-7-16-6-3-4-8-17(16)23/h3-4,6,8-10,12H,5,7,11,13H2,1-2H3,(H,26,31)(H2,24,25,28,30)/t23-/m0/s1. The van der Waals surface area contributed by atoms with Crippen LogP contribution >= 0.6 is 0 Å². The average Bonchev–Trinajstić information content (AvgIpc) is 2.95. The molecule has 0 unspecified atom stereocenters. The van der Waals surface area contributed by atoms with Crippen LogP contribution in [0.3, 0.4) is 0 Å². The zero-order chi connectivity index (χ0) is 22.2. The zero-order valence-corrected chi connectivity index (χ0v) is 17.5. The maximum absolute atomic E-state index is 13.2. The Bertz CT molecular complexity index is 1100. The van der Waals surface area contributed by atoms with E-state index in [9.17, 15) is 19.2 Å². The van der Waals surface area contributed by atoms with Gasteiger partial charge in [0.1, 0.15) is 12.1 Å². The number of carbonyl (C=O) groups is 4. The van der Waals surface area contributed by atoms with Crippen LogP contribution in [-0.4, -0.2) is 35.3 Å². The molecule has 2 aromatic carbocycles. The third-order valence-electron chi connectivity index (χ3n) is 5.84. The van der Waals surface area contributed by atoms with E-state index in [4.69, 9.17) is 0 Å².